The molecule has 0 unspecified atom stereocenters. The number of rotatable bonds is 3. The molecule has 0 aliphatic heterocycles. The zero-order valence-corrected chi connectivity index (χ0v) is 10.8. The standard InChI is InChI=1S/C15H12FNS/c1-11-2-5-14(6-3-11)18-10-12-4-7-15(16)13(8-12)9-17/h2-8H,10H2,1H3. The Kier molecular flexibility index (Phi) is 4.01. The molecule has 0 fully saturated rings. The highest BCUT2D eigenvalue weighted by Crippen LogP contribution is 2.23. The van der Waals surface area contributed by atoms with Gasteiger partial charge in [0.05, 0.1) is 5.56 Å². The zero-order valence-electron chi connectivity index (χ0n) is 9.98. The van der Waals surface area contributed by atoms with Crippen LogP contribution in [0.15, 0.2) is 47.4 Å². The molecule has 0 aromatic heterocycles. The van der Waals surface area contributed by atoms with Crippen LogP contribution in [-0.2, 0) is 5.75 Å². The molecule has 0 aliphatic rings. The van der Waals surface area contributed by atoms with Gasteiger partial charge in [0, 0.05) is 10.6 Å². The van der Waals surface area contributed by atoms with Crippen molar-refractivity contribution in [2.24, 2.45) is 0 Å². The molecule has 90 valence electrons. The summed E-state index contributed by atoms with van der Waals surface area (Å²) in [4.78, 5) is 1.17. The number of aryl methyl sites for hydroxylation is 1. The Morgan fingerprint density at radius 1 is 1.17 bits per heavy atom. The van der Waals surface area contributed by atoms with Crippen LogP contribution < -0.4 is 0 Å². The summed E-state index contributed by atoms with van der Waals surface area (Å²) < 4.78 is 13.1. The van der Waals surface area contributed by atoms with E-state index >= 15 is 0 Å². The van der Waals surface area contributed by atoms with E-state index in [1.807, 2.05) is 13.0 Å². The molecule has 0 amide bonds. The van der Waals surface area contributed by atoms with Crippen molar-refractivity contribution < 1.29 is 4.39 Å². The van der Waals surface area contributed by atoms with Crippen LogP contribution in [0.5, 0.6) is 0 Å². The molecule has 2 aromatic carbocycles. The predicted octanol–water partition coefficient (Wildman–Crippen LogP) is 4.30. The minimum Gasteiger partial charge on any atom is -0.206 e. The van der Waals surface area contributed by atoms with E-state index < -0.39 is 5.82 Å². The van der Waals surface area contributed by atoms with Crippen LogP contribution in [0.25, 0.3) is 0 Å². The third kappa shape index (κ3) is 3.12. The number of hydrogen-bond acceptors (Lipinski definition) is 2. The summed E-state index contributed by atoms with van der Waals surface area (Å²) in [5.41, 5.74) is 2.29. The summed E-state index contributed by atoms with van der Waals surface area (Å²) in [5.74, 6) is 0.277. The molecule has 0 spiro atoms. The van der Waals surface area contributed by atoms with Gasteiger partial charge in [0.1, 0.15) is 11.9 Å². The summed E-state index contributed by atoms with van der Waals surface area (Å²) >= 11 is 1.68. The van der Waals surface area contributed by atoms with Gasteiger partial charge in [-0.2, -0.15) is 5.26 Å². The molecule has 0 atom stereocenters. The molecule has 0 bridgehead atoms. The second kappa shape index (κ2) is 5.70. The molecule has 0 radical (unpaired) electrons. The Labute approximate surface area is 110 Å². The molecule has 18 heavy (non-hydrogen) atoms. The second-order valence-electron chi connectivity index (χ2n) is 4.03. The van der Waals surface area contributed by atoms with Gasteiger partial charge < -0.3 is 0 Å². The fourth-order valence-corrected chi connectivity index (χ4v) is 2.39. The topological polar surface area (TPSA) is 23.8 Å². The Morgan fingerprint density at radius 2 is 1.89 bits per heavy atom. The summed E-state index contributed by atoms with van der Waals surface area (Å²) in [6, 6.07) is 14.8. The number of benzene rings is 2. The van der Waals surface area contributed by atoms with Crippen molar-refractivity contribution in [3.8, 4) is 6.07 Å². The minimum absolute atomic E-state index is 0.108. The maximum atomic E-state index is 13.1. The van der Waals surface area contributed by atoms with Crippen molar-refractivity contribution in [2.45, 2.75) is 17.6 Å². The van der Waals surface area contributed by atoms with Gasteiger partial charge in [0.2, 0.25) is 0 Å². The van der Waals surface area contributed by atoms with Crippen LogP contribution in [-0.4, -0.2) is 0 Å². The maximum Gasteiger partial charge on any atom is 0.140 e. The largest absolute Gasteiger partial charge is 0.206 e. The van der Waals surface area contributed by atoms with E-state index in [9.17, 15) is 4.39 Å². The van der Waals surface area contributed by atoms with Gasteiger partial charge in [0.25, 0.3) is 0 Å². The molecule has 0 N–H and O–H groups in total. The Hall–Kier alpha value is -1.79. The molecule has 0 saturated heterocycles. The molecular weight excluding hydrogens is 245 g/mol. The first kappa shape index (κ1) is 12.7. The third-order valence-corrected chi connectivity index (χ3v) is 3.66. The highest BCUT2D eigenvalue weighted by atomic mass is 32.2. The SMILES string of the molecule is Cc1ccc(SCc2ccc(F)c(C#N)c2)cc1. The Bertz CT molecular complexity index is 584. The first-order chi connectivity index (χ1) is 8.69. The van der Waals surface area contributed by atoms with Gasteiger partial charge in [-0.1, -0.05) is 23.8 Å². The van der Waals surface area contributed by atoms with Crippen molar-refractivity contribution >= 4 is 11.8 Å². The molecule has 0 heterocycles. The van der Waals surface area contributed by atoms with Gasteiger partial charge in [-0.05, 0) is 36.8 Å². The van der Waals surface area contributed by atoms with Gasteiger partial charge in [-0.15, -0.1) is 11.8 Å². The van der Waals surface area contributed by atoms with Crippen molar-refractivity contribution in [1.82, 2.24) is 0 Å². The fraction of sp³-hybridized carbons (Fsp3) is 0.133. The number of nitrogens with zero attached hydrogens (tertiary/aromatic N) is 1. The van der Waals surface area contributed by atoms with Gasteiger partial charge >= 0.3 is 0 Å². The van der Waals surface area contributed by atoms with E-state index in [1.165, 1.54) is 16.5 Å². The maximum absolute atomic E-state index is 13.1. The minimum atomic E-state index is -0.457. The number of hydrogen-bond donors (Lipinski definition) is 0. The Balaban J connectivity index is 2.06. The molecule has 1 nitrogen and oxygen atoms in total. The fourth-order valence-electron chi connectivity index (χ4n) is 1.55. The van der Waals surface area contributed by atoms with Crippen molar-refractivity contribution in [3.63, 3.8) is 0 Å². The van der Waals surface area contributed by atoms with Gasteiger partial charge in [-0.3, -0.25) is 0 Å². The molecule has 3 heteroatoms. The summed E-state index contributed by atoms with van der Waals surface area (Å²) in [5, 5.41) is 8.76. The molecule has 0 saturated carbocycles. The smallest absolute Gasteiger partial charge is 0.140 e. The van der Waals surface area contributed by atoms with E-state index in [1.54, 1.807) is 23.9 Å². The average molecular weight is 257 g/mol. The first-order valence-corrected chi connectivity index (χ1v) is 6.55. The number of nitriles is 1. The number of thioether (sulfide) groups is 1. The normalized spacial score (nSPS) is 10.1. The van der Waals surface area contributed by atoms with E-state index in [2.05, 4.69) is 24.3 Å². The average Bonchev–Trinajstić information content (AvgIpc) is 2.39. The lowest BCUT2D eigenvalue weighted by molar-refractivity contribution is 0.623. The Morgan fingerprint density at radius 3 is 2.56 bits per heavy atom. The lowest BCUT2D eigenvalue weighted by Gasteiger charge is -2.03. The van der Waals surface area contributed by atoms with Crippen molar-refractivity contribution in [2.75, 3.05) is 0 Å². The van der Waals surface area contributed by atoms with E-state index in [-0.39, 0.29) is 5.56 Å². The van der Waals surface area contributed by atoms with Crippen molar-refractivity contribution in [3.05, 3.63) is 65.0 Å². The molecule has 2 aromatic rings. The molecule has 2 rings (SSSR count). The van der Waals surface area contributed by atoms with Crippen LogP contribution >= 0.6 is 11.8 Å². The van der Waals surface area contributed by atoms with Crippen molar-refractivity contribution in [1.29, 1.82) is 5.26 Å². The molecular formula is C15H12FNS. The van der Waals surface area contributed by atoms with Crippen LogP contribution in [0.4, 0.5) is 4.39 Å². The monoisotopic (exact) mass is 257 g/mol. The lowest BCUT2D eigenvalue weighted by Crippen LogP contribution is -1.87. The van der Waals surface area contributed by atoms with Crippen LogP contribution in [0.1, 0.15) is 16.7 Å². The van der Waals surface area contributed by atoms with Crippen LogP contribution in [0.3, 0.4) is 0 Å². The van der Waals surface area contributed by atoms with Crippen LogP contribution in [0.2, 0.25) is 0 Å². The van der Waals surface area contributed by atoms with Crippen LogP contribution in [0, 0.1) is 24.1 Å². The highest BCUT2D eigenvalue weighted by molar-refractivity contribution is 7.98. The highest BCUT2D eigenvalue weighted by Gasteiger charge is 2.03. The summed E-state index contributed by atoms with van der Waals surface area (Å²) in [6.45, 7) is 2.05. The van der Waals surface area contributed by atoms with Gasteiger partial charge in [0.15, 0.2) is 0 Å². The second-order valence-corrected chi connectivity index (χ2v) is 5.08. The first-order valence-electron chi connectivity index (χ1n) is 5.57. The quantitative estimate of drug-likeness (QED) is 0.765. The van der Waals surface area contributed by atoms with E-state index in [0.29, 0.717) is 0 Å². The van der Waals surface area contributed by atoms with E-state index in [4.69, 9.17) is 5.26 Å². The number of halogens is 1. The predicted molar refractivity (Wildman–Crippen MR) is 71.9 cm³/mol. The van der Waals surface area contributed by atoms with E-state index in [0.717, 1.165) is 11.3 Å². The zero-order chi connectivity index (χ0) is 13.0. The van der Waals surface area contributed by atoms with Gasteiger partial charge in [-0.25, -0.2) is 4.39 Å². The third-order valence-electron chi connectivity index (χ3n) is 2.58. The summed E-state index contributed by atoms with van der Waals surface area (Å²) in [7, 11) is 0. The molecule has 0 aliphatic carbocycles. The lowest BCUT2D eigenvalue weighted by atomic mass is 10.1. The summed E-state index contributed by atoms with van der Waals surface area (Å²) in [6.07, 6.45) is 0.